The Morgan fingerprint density at radius 3 is 2.53 bits per heavy atom. The molecule has 17 heavy (non-hydrogen) atoms. The first-order valence-electron chi connectivity index (χ1n) is 5.05. The van der Waals surface area contributed by atoms with Crippen LogP contribution in [0.5, 0.6) is 0 Å². The second kappa shape index (κ2) is 5.31. The van der Waals surface area contributed by atoms with Gasteiger partial charge in [0.15, 0.2) is 0 Å². The maximum atomic E-state index is 13.7. The van der Waals surface area contributed by atoms with E-state index >= 15 is 0 Å². The Bertz CT molecular complexity index is 398. The van der Waals surface area contributed by atoms with Gasteiger partial charge in [-0.3, -0.25) is 0 Å². The lowest BCUT2D eigenvalue weighted by atomic mass is 10.00. The fourth-order valence-corrected chi connectivity index (χ4v) is 1.60. The highest BCUT2D eigenvalue weighted by atomic mass is 19.4. The quantitative estimate of drug-likeness (QED) is 0.632. The van der Waals surface area contributed by atoms with Crippen LogP contribution in [-0.2, 0) is 6.18 Å². The summed E-state index contributed by atoms with van der Waals surface area (Å²) in [5, 5.41) is 2.76. The number of benzene rings is 1. The monoisotopic (exact) mass is 247 g/mol. The van der Waals surface area contributed by atoms with Gasteiger partial charge in [0.25, 0.3) is 0 Å². The van der Waals surface area contributed by atoms with Crippen LogP contribution in [0.1, 0.15) is 23.6 Å². The summed E-state index contributed by atoms with van der Waals surface area (Å²) in [6.07, 6.45) is -2.79. The first-order chi connectivity index (χ1) is 7.91. The zero-order valence-corrected chi connectivity index (χ0v) is 9.31. The van der Waals surface area contributed by atoms with Gasteiger partial charge in [-0.15, -0.1) is 6.58 Å². The number of alkyl halides is 3. The van der Waals surface area contributed by atoms with Crippen molar-refractivity contribution < 1.29 is 17.6 Å². The lowest BCUT2D eigenvalue weighted by Crippen LogP contribution is -2.19. The summed E-state index contributed by atoms with van der Waals surface area (Å²) >= 11 is 0. The van der Waals surface area contributed by atoms with Crippen molar-refractivity contribution in [1.82, 2.24) is 5.32 Å². The molecular formula is C12H13F4N. The van der Waals surface area contributed by atoms with Crippen LogP contribution in [0, 0.1) is 5.82 Å². The van der Waals surface area contributed by atoms with Crippen molar-refractivity contribution in [3.05, 3.63) is 47.8 Å². The molecule has 1 aromatic rings. The summed E-state index contributed by atoms with van der Waals surface area (Å²) in [4.78, 5) is 0. The second-order valence-corrected chi connectivity index (χ2v) is 3.57. The molecule has 0 aromatic heterocycles. The first-order valence-corrected chi connectivity index (χ1v) is 5.05. The molecule has 0 aliphatic carbocycles. The summed E-state index contributed by atoms with van der Waals surface area (Å²) < 4.78 is 51.2. The summed E-state index contributed by atoms with van der Waals surface area (Å²) in [6, 6.07) is 2.78. The summed E-state index contributed by atoms with van der Waals surface area (Å²) in [6.45, 7) is 3.49. The van der Waals surface area contributed by atoms with E-state index in [1.807, 2.05) is 0 Å². The average molecular weight is 247 g/mol. The lowest BCUT2D eigenvalue weighted by molar-refractivity contribution is -0.140. The maximum Gasteiger partial charge on any atom is 0.419 e. The van der Waals surface area contributed by atoms with E-state index in [2.05, 4.69) is 11.9 Å². The van der Waals surface area contributed by atoms with Gasteiger partial charge in [-0.05, 0) is 19.5 Å². The highest BCUT2D eigenvalue weighted by Gasteiger charge is 2.35. The van der Waals surface area contributed by atoms with Crippen LogP contribution in [0.15, 0.2) is 30.9 Å². The van der Waals surface area contributed by atoms with Crippen molar-refractivity contribution in [1.29, 1.82) is 0 Å². The molecule has 0 aliphatic heterocycles. The Morgan fingerprint density at radius 1 is 1.41 bits per heavy atom. The normalized spacial score (nSPS) is 13.5. The summed E-state index contributed by atoms with van der Waals surface area (Å²) in [7, 11) is 1.56. The van der Waals surface area contributed by atoms with E-state index in [1.165, 1.54) is 18.2 Å². The molecule has 5 heteroatoms. The molecule has 0 spiro atoms. The Labute approximate surface area is 97.1 Å². The van der Waals surface area contributed by atoms with Crippen molar-refractivity contribution in [2.45, 2.75) is 18.6 Å². The number of hydrogen-bond acceptors (Lipinski definition) is 1. The first kappa shape index (κ1) is 13.7. The predicted octanol–water partition coefficient (Wildman–Crippen LogP) is 3.68. The van der Waals surface area contributed by atoms with Gasteiger partial charge in [0.2, 0.25) is 0 Å². The number of halogens is 4. The maximum absolute atomic E-state index is 13.7. The molecule has 0 amide bonds. The SMILES string of the molecule is C=CCC(NC)c1cccc(C(F)(F)F)c1F. The van der Waals surface area contributed by atoms with Gasteiger partial charge in [0, 0.05) is 11.6 Å². The zero-order chi connectivity index (χ0) is 13.1. The number of rotatable bonds is 4. The van der Waals surface area contributed by atoms with Crippen LogP contribution in [0.3, 0.4) is 0 Å². The van der Waals surface area contributed by atoms with Crippen molar-refractivity contribution >= 4 is 0 Å². The molecule has 0 radical (unpaired) electrons. The Morgan fingerprint density at radius 2 is 2.06 bits per heavy atom. The molecule has 0 saturated carbocycles. The molecular weight excluding hydrogens is 234 g/mol. The molecule has 0 heterocycles. The molecule has 0 fully saturated rings. The topological polar surface area (TPSA) is 12.0 Å². The number of hydrogen-bond donors (Lipinski definition) is 1. The predicted molar refractivity (Wildman–Crippen MR) is 58.0 cm³/mol. The van der Waals surface area contributed by atoms with Crippen molar-refractivity contribution in [2.75, 3.05) is 7.05 Å². The second-order valence-electron chi connectivity index (χ2n) is 3.57. The van der Waals surface area contributed by atoms with Crippen LogP contribution >= 0.6 is 0 Å². The smallest absolute Gasteiger partial charge is 0.313 e. The van der Waals surface area contributed by atoms with Crippen molar-refractivity contribution in [2.24, 2.45) is 0 Å². The fraction of sp³-hybridized carbons (Fsp3) is 0.333. The van der Waals surface area contributed by atoms with Crippen LogP contribution in [0.2, 0.25) is 0 Å². The van der Waals surface area contributed by atoms with E-state index in [-0.39, 0.29) is 5.56 Å². The number of nitrogens with one attached hydrogen (secondary N) is 1. The van der Waals surface area contributed by atoms with Gasteiger partial charge in [0.05, 0.1) is 5.56 Å². The molecule has 1 unspecified atom stereocenters. The highest BCUT2D eigenvalue weighted by Crippen LogP contribution is 2.34. The van der Waals surface area contributed by atoms with Gasteiger partial charge >= 0.3 is 6.18 Å². The van der Waals surface area contributed by atoms with Gasteiger partial charge in [-0.2, -0.15) is 13.2 Å². The van der Waals surface area contributed by atoms with E-state index in [9.17, 15) is 17.6 Å². The van der Waals surface area contributed by atoms with Crippen LogP contribution in [-0.4, -0.2) is 7.05 Å². The molecule has 1 atom stereocenters. The lowest BCUT2D eigenvalue weighted by Gasteiger charge is -2.18. The van der Waals surface area contributed by atoms with E-state index in [1.54, 1.807) is 7.05 Å². The molecule has 0 aliphatic rings. The summed E-state index contributed by atoms with van der Waals surface area (Å²) in [5.41, 5.74) is -1.23. The Hall–Kier alpha value is -1.36. The molecule has 1 nitrogen and oxygen atoms in total. The van der Waals surface area contributed by atoms with E-state index in [0.29, 0.717) is 6.42 Å². The van der Waals surface area contributed by atoms with Gasteiger partial charge < -0.3 is 5.32 Å². The van der Waals surface area contributed by atoms with Crippen LogP contribution < -0.4 is 5.32 Å². The van der Waals surface area contributed by atoms with Crippen molar-refractivity contribution in [3.63, 3.8) is 0 Å². The van der Waals surface area contributed by atoms with Crippen LogP contribution in [0.4, 0.5) is 17.6 Å². The van der Waals surface area contributed by atoms with E-state index < -0.39 is 23.6 Å². The highest BCUT2D eigenvalue weighted by molar-refractivity contribution is 5.30. The fourth-order valence-electron chi connectivity index (χ4n) is 1.60. The largest absolute Gasteiger partial charge is 0.419 e. The van der Waals surface area contributed by atoms with E-state index in [0.717, 1.165) is 6.07 Å². The molecule has 1 N–H and O–H groups in total. The Balaban J connectivity index is 3.22. The van der Waals surface area contributed by atoms with Gasteiger partial charge in [-0.1, -0.05) is 18.2 Å². The average Bonchev–Trinajstić information content (AvgIpc) is 2.25. The molecule has 1 rings (SSSR count). The van der Waals surface area contributed by atoms with Crippen LogP contribution in [0.25, 0.3) is 0 Å². The third-order valence-electron chi connectivity index (χ3n) is 2.46. The molecule has 0 bridgehead atoms. The molecule has 1 aromatic carbocycles. The van der Waals surface area contributed by atoms with Gasteiger partial charge in [-0.25, -0.2) is 4.39 Å². The van der Waals surface area contributed by atoms with E-state index in [4.69, 9.17) is 0 Å². The Kier molecular flexibility index (Phi) is 4.28. The van der Waals surface area contributed by atoms with Gasteiger partial charge in [0.1, 0.15) is 5.82 Å². The minimum atomic E-state index is -4.67. The molecule has 0 saturated heterocycles. The third kappa shape index (κ3) is 3.06. The van der Waals surface area contributed by atoms with Crippen molar-refractivity contribution in [3.8, 4) is 0 Å². The third-order valence-corrected chi connectivity index (χ3v) is 2.46. The standard InChI is InChI=1S/C12H13F4N/c1-3-5-10(17-2)8-6-4-7-9(11(8)13)12(14,15)16/h3-4,6-7,10,17H,1,5H2,2H3. The minimum Gasteiger partial charge on any atom is -0.313 e. The molecule has 94 valence electrons. The zero-order valence-electron chi connectivity index (χ0n) is 9.31. The minimum absolute atomic E-state index is 0.00206. The summed E-state index contributed by atoms with van der Waals surface area (Å²) in [5.74, 6) is -1.22.